The fourth-order valence-corrected chi connectivity index (χ4v) is 2.06. The molecule has 2 aromatic rings. The molecule has 0 saturated heterocycles. The van der Waals surface area contributed by atoms with Gasteiger partial charge in [0, 0.05) is 18.9 Å². The maximum absolute atomic E-state index is 9.99. The van der Waals surface area contributed by atoms with Crippen molar-refractivity contribution in [2.45, 2.75) is 40.2 Å². The van der Waals surface area contributed by atoms with Gasteiger partial charge in [0.2, 0.25) is 5.65 Å². The summed E-state index contributed by atoms with van der Waals surface area (Å²) < 4.78 is 1.87. The molecular weight excluding hydrogens is 242 g/mol. The van der Waals surface area contributed by atoms with Crippen LogP contribution in [-0.4, -0.2) is 37.3 Å². The van der Waals surface area contributed by atoms with Crippen LogP contribution < -0.4 is 5.32 Å². The molecule has 0 aromatic carbocycles. The quantitative estimate of drug-likeness (QED) is 0.877. The Morgan fingerprint density at radius 1 is 1.37 bits per heavy atom. The number of aliphatic hydroxyl groups excluding tert-OH is 1. The lowest BCUT2D eigenvalue weighted by Crippen LogP contribution is -2.25. The van der Waals surface area contributed by atoms with E-state index in [9.17, 15) is 5.11 Å². The molecule has 0 spiro atoms. The van der Waals surface area contributed by atoms with E-state index in [0.29, 0.717) is 18.0 Å². The first kappa shape index (κ1) is 13.7. The van der Waals surface area contributed by atoms with Gasteiger partial charge in [-0.25, -0.2) is 4.98 Å². The fraction of sp³-hybridized carbons (Fsp3) is 0.615. The molecule has 0 bridgehead atoms. The largest absolute Gasteiger partial charge is 0.391 e. The lowest BCUT2D eigenvalue weighted by Gasteiger charge is -2.22. The van der Waals surface area contributed by atoms with E-state index in [-0.39, 0.29) is 5.41 Å². The number of nitrogens with one attached hydrogen (secondary N) is 1. The molecule has 2 N–H and O–H groups in total. The van der Waals surface area contributed by atoms with Crippen molar-refractivity contribution < 1.29 is 5.11 Å². The predicted octanol–water partition coefficient (Wildman–Crippen LogP) is 1.64. The third-order valence-corrected chi connectivity index (χ3v) is 2.85. The Morgan fingerprint density at radius 2 is 2.11 bits per heavy atom. The third kappa shape index (κ3) is 3.41. The van der Waals surface area contributed by atoms with Gasteiger partial charge in [-0.3, -0.25) is 4.40 Å². The fourth-order valence-electron chi connectivity index (χ4n) is 2.06. The summed E-state index contributed by atoms with van der Waals surface area (Å²) in [5.74, 6) is 1.46. The molecule has 0 amide bonds. The first-order chi connectivity index (χ1) is 8.87. The van der Waals surface area contributed by atoms with Crippen molar-refractivity contribution in [3.63, 3.8) is 0 Å². The Kier molecular flexibility index (Phi) is 3.71. The first-order valence-electron chi connectivity index (χ1n) is 6.45. The highest BCUT2D eigenvalue weighted by Gasteiger charge is 2.17. The van der Waals surface area contributed by atoms with Gasteiger partial charge in [0.15, 0.2) is 5.82 Å². The van der Waals surface area contributed by atoms with Crippen molar-refractivity contribution >= 4 is 11.5 Å². The van der Waals surface area contributed by atoms with Gasteiger partial charge in [-0.15, -0.1) is 10.2 Å². The second-order valence-electron chi connectivity index (χ2n) is 6.02. The zero-order valence-corrected chi connectivity index (χ0v) is 11.9. The van der Waals surface area contributed by atoms with E-state index in [1.165, 1.54) is 0 Å². The molecule has 6 nitrogen and oxygen atoms in total. The van der Waals surface area contributed by atoms with E-state index >= 15 is 0 Å². The highest BCUT2D eigenvalue weighted by atomic mass is 16.3. The van der Waals surface area contributed by atoms with Crippen molar-refractivity contribution in [2.75, 3.05) is 11.9 Å². The summed E-state index contributed by atoms with van der Waals surface area (Å²) in [6.07, 6.45) is 3.84. The van der Waals surface area contributed by atoms with E-state index < -0.39 is 6.10 Å². The molecule has 104 valence electrons. The minimum absolute atomic E-state index is 0.103. The molecular formula is C13H21N5O. The molecule has 2 heterocycles. The highest BCUT2D eigenvalue weighted by Crippen LogP contribution is 2.21. The van der Waals surface area contributed by atoms with Crippen LogP contribution in [0.5, 0.6) is 0 Å². The standard InChI is InChI=1S/C13H21N5O/c1-9-16-17-12-11(14-5-6-18(9)12)15-8-10(19)7-13(2,3)4/h5-6,10,19H,7-8H2,1-4H3,(H,14,15). The number of fused-ring (bicyclic) bond motifs is 1. The molecule has 6 heteroatoms. The van der Waals surface area contributed by atoms with Crippen LogP contribution in [0.25, 0.3) is 5.65 Å². The Labute approximate surface area is 112 Å². The topological polar surface area (TPSA) is 75.3 Å². The summed E-state index contributed by atoms with van der Waals surface area (Å²) >= 11 is 0. The van der Waals surface area contributed by atoms with Crippen molar-refractivity contribution in [1.82, 2.24) is 19.6 Å². The van der Waals surface area contributed by atoms with Gasteiger partial charge in [-0.05, 0) is 18.8 Å². The molecule has 1 unspecified atom stereocenters. The first-order valence-corrected chi connectivity index (χ1v) is 6.45. The second kappa shape index (κ2) is 5.13. The van der Waals surface area contributed by atoms with Crippen LogP contribution in [0.2, 0.25) is 0 Å². The zero-order valence-electron chi connectivity index (χ0n) is 11.9. The van der Waals surface area contributed by atoms with Crippen LogP contribution in [0.4, 0.5) is 5.82 Å². The van der Waals surface area contributed by atoms with Gasteiger partial charge in [0.05, 0.1) is 6.10 Å². The SMILES string of the molecule is Cc1nnc2c(NCC(O)CC(C)(C)C)nccn12. The van der Waals surface area contributed by atoms with Crippen LogP contribution in [0.1, 0.15) is 33.0 Å². The smallest absolute Gasteiger partial charge is 0.203 e. The molecule has 0 aliphatic carbocycles. The summed E-state index contributed by atoms with van der Waals surface area (Å²) in [6, 6.07) is 0. The number of anilines is 1. The van der Waals surface area contributed by atoms with Crippen LogP contribution in [0.15, 0.2) is 12.4 Å². The van der Waals surface area contributed by atoms with E-state index in [1.807, 2.05) is 17.5 Å². The molecule has 0 saturated carbocycles. The number of aromatic nitrogens is 4. The minimum atomic E-state index is -0.411. The Morgan fingerprint density at radius 3 is 2.79 bits per heavy atom. The van der Waals surface area contributed by atoms with Gasteiger partial charge in [0.25, 0.3) is 0 Å². The Balaban J connectivity index is 2.06. The molecule has 0 aliphatic heterocycles. The average Bonchev–Trinajstić information content (AvgIpc) is 2.67. The molecule has 0 fully saturated rings. The van der Waals surface area contributed by atoms with Crippen molar-refractivity contribution in [1.29, 1.82) is 0 Å². The van der Waals surface area contributed by atoms with Crippen molar-refractivity contribution in [2.24, 2.45) is 5.41 Å². The third-order valence-electron chi connectivity index (χ3n) is 2.85. The van der Waals surface area contributed by atoms with E-state index in [0.717, 1.165) is 12.2 Å². The van der Waals surface area contributed by atoms with E-state index in [1.54, 1.807) is 6.20 Å². The number of hydrogen-bond donors (Lipinski definition) is 2. The van der Waals surface area contributed by atoms with E-state index in [4.69, 9.17) is 0 Å². The summed E-state index contributed by atoms with van der Waals surface area (Å²) in [7, 11) is 0. The number of rotatable bonds is 4. The summed E-state index contributed by atoms with van der Waals surface area (Å²) in [6.45, 7) is 8.67. The molecule has 2 aromatic heterocycles. The van der Waals surface area contributed by atoms with Gasteiger partial charge in [0.1, 0.15) is 5.82 Å². The average molecular weight is 263 g/mol. The van der Waals surface area contributed by atoms with Gasteiger partial charge in [-0.1, -0.05) is 20.8 Å². The molecule has 19 heavy (non-hydrogen) atoms. The maximum Gasteiger partial charge on any atom is 0.203 e. The Hall–Kier alpha value is -1.69. The normalized spacial score (nSPS) is 13.7. The monoisotopic (exact) mass is 263 g/mol. The predicted molar refractivity (Wildman–Crippen MR) is 74.1 cm³/mol. The highest BCUT2D eigenvalue weighted by molar-refractivity contribution is 5.61. The van der Waals surface area contributed by atoms with Crippen LogP contribution in [-0.2, 0) is 0 Å². The van der Waals surface area contributed by atoms with Crippen molar-refractivity contribution in [3.05, 3.63) is 18.2 Å². The summed E-state index contributed by atoms with van der Waals surface area (Å²) in [5.41, 5.74) is 0.786. The summed E-state index contributed by atoms with van der Waals surface area (Å²) in [5, 5.41) is 21.2. The lowest BCUT2D eigenvalue weighted by atomic mass is 9.89. The van der Waals surface area contributed by atoms with Crippen molar-refractivity contribution in [3.8, 4) is 0 Å². The van der Waals surface area contributed by atoms with Gasteiger partial charge in [-0.2, -0.15) is 0 Å². The molecule has 1 atom stereocenters. The van der Waals surface area contributed by atoms with Gasteiger partial charge < -0.3 is 10.4 Å². The van der Waals surface area contributed by atoms with Crippen LogP contribution >= 0.6 is 0 Å². The lowest BCUT2D eigenvalue weighted by molar-refractivity contribution is 0.132. The molecule has 0 radical (unpaired) electrons. The zero-order chi connectivity index (χ0) is 14.0. The Bertz CT molecular complexity index is 558. The number of aliphatic hydroxyl groups is 1. The van der Waals surface area contributed by atoms with Gasteiger partial charge >= 0.3 is 0 Å². The van der Waals surface area contributed by atoms with Crippen LogP contribution in [0.3, 0.4) is 0 Å². The number of aryl methyl sites for hydroxylation is 1. The summed E-state index contributed by atoms with van der Waals surface area (Å²) in [4.78, 5) is 4.24. The number of nitrogens with zero attached hydrogens (tertiary/aromatic N) is 4. The molecule has 0 aliphatic rings. The van der Waals surface area contributed by atoms with E-state index in [2.05, 4.69) is 41.3 Å². The minimum Gasteiger partial charge on any atom is -0.391 e. The maximum atomic E-state index is 9.99. The molecule has 2 rings (SSSR count). The van der Waals surface area contributed by atoms with Crippen LogP contribution in [0, 0.1) is 12.3 Å². The number of hydrogen-bond acceptors (Lipinski definition) is 5. The second-order valence-corrected chi connectivity index (χ2v) is 6.02.